The van der Waals surface area contributed by atoms with Crippen LogP contribution in [0.25, 0.3) is 0 Å². The van der Waals surface area contributed by atoms with Crippen molar-refractivity contribution in [2.45, 2.75) is 22.5 Å². The van der Waals surface area contributed by atoms with Crippen LogP contribution >= 0.6 is 10.5 Å². The van der Waals surface area contributed by atoms with Gasteiger partial charge in [-0.25, -0.2) is 8.42 Å². The molecule has 0 aliphatic carbocycles. The zero-order valence-corrected chi connectivity index (χ0v) is 13.2. The highest BCUT2D eigenvalue weighted by atomic mass is 32.3. The summed E-state index contributed by atoms with van der Waals surface area (Å²) in [5, 5.41) is 0. The van der Waals surface area contributed by atoms with Gasteiger partial charge in [0.25, 0.3) is 10.0 Å². The maximum absolute atomic E-state index is 13.5. The first-order valence-electron chi connectivity index (χ1n) is 6.36. The Morgan fingerprint density at radius 1 is 1.05 bits per heavy atom. The van der Waals surface area contributed by atoms with Gasteiger partial charge < -0.3 is 0 Å². The van der Waals surface area contributed by atoms with Crippen molar-refractivity contribution in [3.05, 3.63) is 60.2 Å². The van der Waals surface area contributed by atoms with E-state index in [1.807, 2.05) is 6.92 Å². The third kappa shape index (κ3) is 2.32. The fraction of sp³-hybridized carbons (Fsp3) is 0.143. The first-order valence-corrected chi connectivity index (χ1v) is 9.38. The zero-order chi connectivity index (χ0) is 16.0. The molecular weight excluding hydrogens is 332 g/mol. The number of hydrogen-bond acceptors (Lipinski definition) is 3. The Bertz CT molecular complexity index is 781. The summed E-state index contributed by atoms with van der Waals surface area (Å²) >= 11 is 0. The maximum atomic E-state index is 13.5. The molecule has 1 saturated heterocycles. The van der Waals surface area contributed by atoms with E-state index in [1.54, 1.807) is 30.3 Å². The van der Waals surface area contributed by atoms with Crippen LogP contribution < -0.4 is 0 Å². The number of sulfonamides is 1. The van der Waals surface area contributed by atoms with Crippen molar-refractivity contribution in [1.29, 1.82) is 0 Å². The number of aryl methyl sites for hydroxylation is 1. The third-order valence-electron chi connectivity index (χ3n) is 3.21. The predicted octanol–water partition coefficient (Wildman–Crippen LogP) is 3.85. The highest BCUT2D eigenvalue weighted by molar-refractivity contribution is 8.36. The smallest absolute Gasteiger partial charge is 0.204 e. The van der Waals surface area contributed by atoms with Gasteiger partial charge in [-0.3, -0.25) is 0 Å². The molecule has 2 unspecified atom stereocenters. The number of nitrogens with zero attached hydrogens (tertiary/aromatic N) is 1. The average molecular weight is 345 g/mol. The number of halogens is 2. The SMILES string of the molecule is Cc1ccc(S(=O)(=O)N2OS2(c2ccccc2)C(F)F)cc1. The fourth-order valence-electron chi connectivity index (χ4n) is 2.01. The molecule has 0 bridgehead atoms. The maximum Gasteiger partial charge on any atom is 0.309 e. The largest absolute Gasteiger partial charge is 0.309 e. The van der Waals surface area contributed by atoms with E-state index in [9.17, 15) is 17.2 Å². The second-order valence-electron chi connectivity index (χ2n) is 4.73. The van der Waals surface area contributed by atoms with Crippen LogP contribution in [0, 0.1) is 6.92 Å². The van der Waals surface area contributed by atoms with E-state index < -0.39 is 26.3 Å². The van der Waals surface area contributed by atoms with E-state index in [4.69, 9.17) is 4.28 Å². The van der Waals surface area contributed by atoms with Crippen LogP contribution in [0.5, 0.6) is 0 Å². The number of benzene rings is 2. The Balaban J connectivity index is 2.01. The molecule has 0 spiro atoms. The molecule has 118 valence electrons. The standard InChI is InChI=1S/C14H13F2NO3S2/c1-11-7-9-13(10-8-11)22(18,19)17-20-21(17,14(15)16)12-5-3-2-4-6-12/h2-10,14H,1H3. The van der Waals surface area contributed by atoms with Crippen LogP contribution in [-0.4, -0.2) is 18.0 Å². The summed E-state index contributed by atoms with van der Waals surface area (Å²) in [6.45, 7) is 1.81. The monoisotopic (exact) mass is 345 g/mol. The molecule has 1 aliphatic rings. The van der Waals surface area contributed by atoms with Gasteiger partial charge in [0, 0.05) is 8.77 Å². The second kappa shape index (κ2) is 5.31. The predicted molar refractivity (Wildman–Crippen MR) is 79.6 cm³/mol. The lowest BCUT2D eigenvalue weighted by Crippen LogP contribution is -2.14. The average Bonchev–Trinajstić information content (AvgIpc) is 3.26. The molecule has 0 amide bonds. The molecule has 3 rings (SSSR count). The molecule has 0 N–H and O–H groups in total. The van der Waals surface area contributed by atoms with E-state index in [1.165, 1.54) is 24.3 Å². The first kappa shape index (κ1) is 15.4. The van der Waals surface area contributed by atoms with Crippen molar-refractivity contribution in [3.63, 3.8) is 0 Å². The van der Waals surface area contributed by atoms with Crippen molar-refractivity contribution in [1.82, 2.24) is 3.87 Å². The molecule has 2 aromatic carbocycles. The third-order valence-corrected chi connectivity index (χ3v) is 8.09. The van der Waals surface area contributed by atoms with E-state index >= 15 is 0 Å². The van der Waals surface area contributed by atoms with Gasteiger partial charge in [-0.2, -0.15) is 13.1 Å². The van der Waals surface area contributed by atoms with Gasteiger partial charge in [-0.05, 0) is 31.2 Å². The molecule has 2 aromatic rings. The topological polar surface area (TPSA) is 49.7 Å². The zero-order valence-electron chi connectivity index (χ0n) is 11.5. The van der Waals surface area contributed by atoms with Crippen LogP contribution in [0.2, 0.25) is 0 Å². The molecule has 4 nitrogen and oxygen atoms in total. The Morgan fingerprint density at radius 2 is 1.64 bits per heavy atom. The van der Waals surface area contributed by atoms with E-state index in [0.29, 0.717) is 3.87 Å². The number of alkyl halides is 2. The summed E-state index contributed by atoms with van der Waals surface area (Å²) < 4.78 is 57.5. The summed E-state index contributed by atoms with van der Waals surface area (Å²) in [6, 6.07) is 13.7. The Kier molecular flexibility index (Phi) is 3.72. The highest BCUT2D eigenvalue weighted by Gasteiger charge is 2.65. The summed E-state index contributed by atoms with van der Waals surface area (Å²) in [5.41, 5.74) is 0.876. The fourth-order valence-corrected chi connectivity index (χ4v) is 6.70. The molecule has 0 saturated carbocycles. The molecule has 0 aromatic heterocycles. The minimum absolute atomic E-state index is 0.0657. The molecule has 1 aliphatic heterocycles. The quantitative estimate of drug-likeness (QED) is 0.791. The van der Waals surface area contributed by atoms with Crippen LogP contribution in [0.1, 0.15) is 5.56 Å². The summed E-state index contributed by atoms with van der Waals surface area (Å²) in [5.74, 6) is -2.92. The Hall–Kier alpha value is -1.48. The highest BCUT2D eigenvalue weighted by Crippen LogP contribution is 2.79. The lowest BCUT2D eigenvalue weighted by molar-refractivity contribution is 0.242. The molecule has 1 fully saturated rings. The Morgan fingerprint density at radius 3 is 2.18 bits per heavy atom. The van der Waals surface area contributed by atoms with Crippen molar-refractivity contribution in [2.75, 3.05) is 0 Å². The Labute approximate surface area is 129 Å². The molecule has 0 radical (unpaired) electrons. The van der Waals surface area contributed by atoms with E-state index in [2.05, 4.69) is 0 Å². The number of rotatable bonds is 4. The molecule has 1 heterocycles. The van der Waals surface area contributed by atoms with Crippen LogP contribution in [-0.2, 0) is 14.3 Å². The van der Waals surface area contributed by atoms with E-state index in [0.717, 1.165) is 5.56 Å². The first-order chi connectivity index (χ1) is 10.4. The molecular formula is C14H13F2NO3S2. The van der Waals surface area contributed by atoms with Crippen molar-refractivity contribution < 1.29 is 21.5 Å². The van der Waals surface area contributed by atoms with Gasteiger partial charge in [-0.1, -0.05) is 35.9 Å². The summed E-state index contributed by atoms with van der Waals surface area (Å²) in [6.07, 6.45) is 0. The van der Waals surface area contributed by atoms with Crippen LogP contribution in [0.15, 0.2) is 64.4 Å². The number of hydrogen-bond donors (Lipinski definition) is 0. The minimum atomic E-state index is -4.12. The van der Waals surface area contributed by atoms with Gasteiger partial charge >= 0.3 is 5.76 Å². The summed E-state index contributed by atoms with van der Waals surface area (Å²) in [7, 11) is -7.39. The van der Waals surface area contributed by atoms with Gasteiger partial charge in [0.2, 0.25) is 0 Å². The van der Waals surface area contributed by atoms with Gasteiger partial charge in [-0.15, -0.1) is 0 Å². The minimum Gasteiger partial charge on any atom is -0.204 e. The van der Waals surface area contributed by atoms with E-state index in [-0.39, 0.29) is 9.79 Å². The van der Waals surface area contributed by atoms with Crippen molar-refractivity contribution >= 4 is 20.5 Å². The molecule has 8 heteroatoms. The van der Waals surface area contributed by atoms with Gasteiger partial charge in [0.15, 0.2) is 0 Å². The van der Waals surface area contributed by atoms with Crippen molar-refractivity contribution in [3.8, 4) is 0 Å². The summed E-state index contributed by atoms with van der Waals surface area (Å²) in [4.78, 5) is 0.116. The lowest BCUT2D eigenvalue weighted by atomic mass is 10.2. The second-order valence-corrected chi connectivity index (χ2v) is 9.16. The normalized spacial score (nSPS) is 27.4. The lowest BCUT2D eigenvalue weighted by Gasteiger charge is -2.15. The van der Waals surface area contributed by atoms with Crippen molar-refractivity contribution in [2.24, 2.45) is 0 Å². The van der Waals surface area contributed by atoms with Gasteiger partial charge in [0.1, 0.15) is 0 Å². The molecule has 22 heavy (non-hydrogen) atoms. The molecule has 2 atom stereocenters. The van der Waals surface area contributed by atoms with Gasteiger partial charge in [0.05, 0.1) is 15.4 Å². The van der Waals surface area contributed by atoms with Crippen LogP contribution in [0.4, 0.5) is 8.78 Å². The van der Waals surface area contributed by atoms with Crippen LogP contribution in [0.3, 0.4) is 0 Å².